The molecule has 0 aromatic carbocycles. The lowest BCUT2D eigenvalue weighted by atomic mass is 9.99. The Morgan fingerprint density at radius 1 is 1.39 bits per heavy atom. The lowest BCUT2D eigenvalue weighted by Crippen LogP contribution is -2.45. The third-order valence-corrected chi connectivity index (χ3v) is 5.45. The van der Waals surface area contributed by atoms with Crippen LogP contribution in [0.1, 0.15) is 36.3 Å². The van der Waals surface area contributed by atoms with Gasteiger partial charge in [-0.15, -0.1) is 11.3 Å². The molecule has 1 aromatic rings. The van der Waals surface area contributed by atoms with E-state index in [-0.39, 0.29) is 0 Å². The molecule has 1 N–H and O–H groups in total. The molecule has 3 heterocycles. The molecule has 1 aromatic heterocycles. The van der Waals surface area contributed by atoms with Crippen LogP contribution in [0.4, 0.5) is 0 Å². The molecule has 2 aliphatic rings. The van der Waals surface area contributed by atoms with Crippen molar-refractivity contribution in [1.82, 2.24) is 15.2 Å². The maximum absolute atomic E-state index is 4.32. The molecule has 100 valence electrons. The van der Waals surface area contributed by atoms with Gasteiger partial charge in [-0.3, -0.25) is 4.90 Å². The lowest BCUT2D eigenvalue weighted by molar-refractivity contribution is 0.181. The number of nitrogens with zero attached hydrogens (tertiary/aromatic N) is 2. The van der Waals surface area contributed by atoms with Gasteiger partial charge in [0, 0.05) is 30.1 Å². The predicted octanol–water partition coefficient (Wildman–Crippen LogP) is 2.21. The number of aromatic nitrogens is 1. The van der Waals surface area contributed by atoms with Gasteiger partial charge in [-0.05, 0) is 39.2 Å². The summed E-state index contributed by atoms with van der Waals surface area (Å²) in [4.78, 5) is 8.45. The fourth-order valence-electron chi connectivity index (χ4n) is 3.42. The van der Waals surface area contributed by atoms with Crippen molar-refractivity contribution in [3.63, 3.8) is 0 Å². The molecule has 3 rings (SSSR count). The lowest BCUT2D eigenvalue weighted by Gasteiger charge is -2.32. The highest BCUT2D eigenvalue weighted by atomic mass is 32.1. The monoisotopic (exact) mass is 265 g/mol. The van der Waals surface area contributed by atoms with Gasteiger partial charge >= 0.3 is 0 Å². The third-order valence-electron chi connectivity index (χ3n) is 4.46. The maximum Gasteiger partial charge on any atom is 0.0797 e. The predicted molar refractivity (Wildman–Crippen MR) is 76.2 cm³/mol. The van der Waals surface area contributed by atoms with Crippen LogP contribution in [0.15, 0.2) is 5.51 Å². The molecular weight excluding hydrogens is 242 g/mol. The normalized spacial score (nSPS) is 28.5. The highest BCUT2D eigenvalue weighted by Crippen LogP contribution is 2.27. The molecule has 2 saturated heterocycles. The van der Waals surface area contributed by atoms with E-state index in [2.05, 4.69) is 22.1 Å². The zero-order chi connectivity index (χ0) is 12.4. The van der Waals surface area contributed by atoms with Crippen LogP contribution in [0.5, 0.6) is 0 Å². The Kier molecular flexibility index (Phi) is 3.97. The van der Waals surface area contributed by atoms with Crippen molar-refractivity contribution in [2.24, 2.45) is 0 Å². The molecule has 18 heavy (non-hydrogen) atoms. The Hall–Kier alpha value is -0.450. The molecular formula is C14H23N3S. The van der Waals surface area contributed by atoms with E-state index in [1.54, 1.807) is 11.3 Å². The third kappa shape index (κ3) is 2.60. The summed E-state index contributed by atoms with van der Waals surface area (Å²) in [5.74, 6) is 0. The summed E-state index contributed by atoms with van der Waals surface area (Å²) >= 11 is 1.79. The molecule has 4 heteroatoms. The number of piperidine rings is 1. The van der Waals surface area contributed by atoms with Crippen LogP contribution in [-0.2, 0) is 6.42 Å². The maximum atomic E-state index is 4.32. The van der Waals surface area contributed by atoms with E-state index >= 15 is 0 Å². The average molecular weight is 265 g/mol. The van der Waals surface area contributed by atoms with E-state index < -0.39 is 0 Å². The summed E-state index contributed by atoms with van der Waals surface area (Å²) in [6.07, 6.45) is 6.71. The molecule has 2 unspecified atom stereocenters. The van der Waals surface area contributed by atoms with Crippen molar-refractivity contribution in [2.45, 2.75) is 51.1 Å². The SMILES string of the molecule is Cc1ncsc1CCNC1CCN2CCCCC12. The Labute approximate surface area is 114 Å². The summed E-state index contributed by atoms with van der Waals surface area (Å²) < 4.78 is 0. The van der Waals surface area contributed by atoms with Crippen LogP contribution >= 0.6 is 11.3 Å². The average Bonchev–Trinajstić information content (AvgIpc) is 2.97. The van der Waals surface area contributed by atoms with E-state index in [9.17, 15) is 0 Å². The van der Waals surface area contributed by atoms with Gasteiger partial charge in [0.1, 0.15) is 0 Å². The first-order valence-corrected chi connectivity index (χ1v) is 8.09. The number of hydrogen-bond donors (Lipinski definition) is 1. The second-order valence-corrected chi connectivity index (χ2v) is 6.50. The summed E-state index contributed by atoms with van der Waals surface area (Å²) in [5.41, 5.74) is 3.18. The van der Waals surface area contributed by atoms with E-state index in [0.717, 1.165) is 25.0 Å². The number of thiazole rings is 1. The minimum atomic E-state index is 0.735. The van der Waals surface area contributed by atoms with Gasteiger partial charge in [0.15, 0.2) is 0 Å². The summed E-state index contributed by atoms with van der Waals surface area (Å²) in [6, 6.07) is 1.56. The molecule has 2 aliphatic heterocycles. The molecule has 0 aliphatic carbocycles. The van der Waals surface area contributed by atoms with Crippen LogP contribution in [-0.4, -0.2) is 41.6 Å². The molecule has 0 radical (unpaired) electrons. The Bertz CT molecular complexity index is 390. The number of nitrogens with one attached hydrogen (secondary N) is 1. The van der Waals surface area contributed by atoms with E-state index in [1.165, 1.54) is 49.3 Å². The summed E-state index contributed by atoms with van der Waals surface area (Å²) in [7, 11) is 0. The fraction of sp³-hybridized carbons (Fsp3) is 0.786. The van der Waals surface area contributed by atoms with E-state index in [0.29, 0.717) is 0 Å². The first-order chi connectivity index (χ1) is 8.84. The minimum Gasteiger partial charge on any atom is -0.312 e. The van der Waals surface area contributed by atoms with Crippen molar-refractivity contribution in [2.75, 3.05) is 19.6 Å². The van der Waals surface area contributed by atoms with E-state index in [1.807, 2.05) is 5.51 Å². The van der Waals surface area contributed by atoms with Crippen molar-refractivity contribution in [3.05, 3.63) is 16.1 Å². The van der Waals surface area contributed by atoms with Crippen LogP contribution in [0.3, 0.4) is 0 Å². The van der Waals surface area contributed by atoms with Crippen LogP contribution in [0, 0.1) is 6.92 Å². The fourth-order valence-corrected chi connectivity index (χ4v) is 4.20. The van der Waals surface area contributed by atoms with Crippen molar-refractivity contribution < 1.29 is 0 Å². The molecule has 0 spiro atoms. The Balaban J connectivity index is 1.47. The molecule has 2 atom stereocenters. The standard InChI is InChI=1S/C14H23N3S/c1-11-14(18-10-16-11)5-7-15-12-6-9-17-8-3-2-4-13(12)17/h10,12-13,15H,2-9H2,1H3. The smallest absolute Gasteiger partial charge is 0.0797 e. The largest absolute Gasteiger partial charge is 0.312 e. The molecule has 0 saturated carbocycles. The van der Waals surface area contributed by atoms with E-state index in [4.69, 9.17) is 0 Å². The van der Waals surface area contributed by atoms with Gasteiger partial charge in [-0.2, -0.15) is 0 Å². The van der Waals surface area contributed by atoms with Crippen molar-refractivity contribution in [3.8, 4) is 0 Å². The first-order valence-electron chi connectivity index (χ1n) is 7.21. The quantitative estimate of drug-likeness (QED) is 0.905. The molecule has 0 amide bonds. The number of rotatable bonds is 4. The minimum absolute atomic E-state index is 0.735. The van der Waals surface area contributed by atoms with Crippen molar-refractivity contribution >= 4 is 11.3 Å². The highest BCUT2D eigenvalue weighted by Gasteiger charge is 2.34. The zero-order valence-electron chi connectivity index (χ0n) is 11.2. The molecule has 2 fully saturated rings. The van der Waals surface area contributed by atoms with Gasteiger partial charge in [-0.25, -0.2) is 4.98 Å². The van der Waals surface area contributed by atoms with Crippen LogP contribution in [0.25, 0.3) is 0 Å². The van der Waals surface area contributed by atoms with Gasteiger partial charge in [-0.1, -0.05) is 6.42 Å². The van der Waals surface area contributed by atoms with Gasteiger partial charge in [0.05, 0.1) is 11.2 Å². The molecule has 0 bridgehead atoms. The Morgan fingerprint density at radius 2 is 2.33 bits per heavy atom. The first kappa shape index (κ1) is 12.6. The summed E-state index contributed by atoms with van der Waals surface area (Å²) in [6.45, 7) is 5.86. The Morgan fingerprint density at radius 3 is 3.17 bits per heavy atom. The van der Waals surface area contributed by atoms with Crippen LogP contribution in [0.2, 0.25) is 0 Å². The molecule has 3 nitrogen and oxygen atoms in total. The number of hydrogen-bond acceptors (Lipinski definition) is 4. The second-order valence-electron chi connectivity index (χ2n) is 5.56. The van der Waals surface area contributed by atoms with Gasteiger partial charge < -0.3 is 5.32 Å². The van der Waals surface area contributed by atoms with Gasteiger partial charge in [0.2, 0.25) is 0 Å². The van der Waals surface area contributed by atoms with Crippen molar-refractivity contribution in [1.29, 1.82) is 0 Å². The highest BCUT2D eigenvalue weighted by molar-refractivity contribution is 7.09. The zero-order valence-corrected chi connectivity index (χ0v) is 12.0. The second kappa shape index (κ2) is 5.68. The number of aryl methyl sites for hydroxylation is 1. The van der Waals surface area contributed by atoms with Crippen LogP contribution < -0.4 is 5.32 Å². The number of fused-ring (bicyclic) bond motifs is 1. The summed E-state index contributed by atoms with van der Waals surface area (Å²) in [5, 5.41) is 3.78. The topological polar surface area (TPSA) is 28.2 Å². The van der Waals surface area contributed by atoms with Gasteiger partial charge in [0.25, 0.3) is 0 Å².